The van der Waals surface area contributed by atoms with Crippen molar-refractivity contribution in [3.05, 3.63) is 17.6 Å². The number of aliphatic hydroxyl groups is 1. The molecule has 0 saturated heterocycles. The van der Waals surface area contributed by atoms with Crippen LogP contribution < -0.4 is 4.90 Å². The Hall–Kier alpha value is -1.16. The third-order valence-corrected chi connectivity index (χ3v) is 2.56. The minimum atomic E-state index is 0.285. The SMILES string of the molecule is Cc1cnc(C)c(N(C)CCCCCO)n1. The summed E-state index contributed by atoms with van der Waals surface area (Å²) in [5.41, 5.74) is 1.91. The lowest BCUT2D eigenvalue weighted by Gasteiger charge is -2.19. The van der Waals surface area contributed by atoms with Crippen LogP contribution in [0.5, 0.6) is 0 Å². The Balaban J connectivity index is 2.51. The molecule has 1 heterocycles. The Labute approximate surface area is 97.3 Å². The molecule has 0 saturated carbocycles. The van der Waals surface area contributed by atoms with Crippen LogP contribution in [-0.2, 0) is 0 Å². The second-order valence-corrected chi connectivity index (χ2v) is 4.13. The topological polar surface area (TPSA) is 49.2 Å². The molecule has 1 rings (SSSR count). The third kappa shape index (κ3) is 3.77. The summed E-state index contributed by atoms with van der Waals surface area (Å²) in [4.78, 5) is 10.9. The van der Waals surface area contributed by atoms with Gasteiger partial charge in [-0.1, -0.05) is 0 Å². The maximum Gasteiger partial charge on any atom is 0.150 e. The van der Waals surface area contributed by atoms with E-state index < -0.39 is 0 Å². The third-order valence-electron chi connectivity index (χ3n) is 2.56. The maximum absolute atomic E-state index is 8.69. The van der Waals surface area contributed by atoms with E-state index in [2.05, 4.69) is 14.9 Å². The first kappa shape index (κ1) is 12.9. The number of hydrogen-bond donors (Lipinski definition) is 1. The van der Waals surface area contributed by atoms with Crippen LogP contribution in [0.4, 0.5) is 5.82 Å². The van der Waals surface area contributed by atoms with Gasteiger partial charge in [-0.05, 0) is 33.1 Å². The Morgan fingerprint density at radius 1 is 1.25 bits per heavy atom. The fraction of sp³-hybridized carbons (Fsp3) is 0.667. The van der Waals surface area contributed by atoms with Crippen LogP contribution in [0.3, 0.4) is 0 Å². The molecule has 0 radical (unpaired) electrons. The Kier molecular flexibility index (Phi) is 5.19. The van der Waals surface area contributed by atoms with E-state index in [1.165, 1.54) is 0 Å². The highest BCUT2D eigenvalue weighted by molar-refractivity contribution is 5.42. The second-order valence-electron chi connectivity index (χ2n) is 4.13. The summed E-state index contributed by atoms with van der Waals surface area (Å²) in [6, 6.07) is 0. The molecule has 0 spiro atoms. The van der Waals surface area contributed by atoms with Gasteiger partial charge in [-0.25, -0.2) is 4.98 Å². The smallest absolute Gasteiger partial charge is 0.150 e. The number of aryl methyl sites for hydroxylation is 2. The zero-order valence-corrected chi connectivity index (χ0v) is 10.4. The summed E-state index contributed by atoms with van der Waals surface area (Å²) < 4.78 is 0. The Morgan fingerprint density at radius 3 is 2.69 bits per heavy atom. The number of hydrogen-bond acceptors (Lipinski definition) is 4. The molecular weight excluding hydrogens is 202 g/mol. The number of aliphatic hydroxyl groups excluding tert-OH is 1. The standard InChI is InChI=1S/C12H21N3O/c1-10-9-13-11(2)12(14-10)15(3)7-5-4-6-8-16/h9,16H,4-8H2,1-3H3. The van der Waals surface area contributed by atoms with Crippen LogP contribution in [0.15, 0.2) is 6.20 Å². The van der Waals surface area contributed by atoms with E-state index >= 15 is 0 Å². The molecule has 16 heavy (non-hydrogen) atoms. The first-order valence-electron chi connectivity index (χ1n) is 5.77. The molecular formula is C12H21N3O. The molecule has 0 amide bonds. The van der Waals surface area contributed by atoms with E-state index in [1.807, 2.05) is 20.9 Å². The van der Waals surface area contributed by atoms with Crippen molar-refractivity contribution in [3.8, 4) is 0 Å². The molecule has 4 heteroatoms. The number of unbranched alkanes of at least 4 members (excludes halogenated alkanes) is 2. The van der Waals surface area contributed by atoms with Crippen molar-refractivity contribution < 1.29 is 5.11 Å². The van der Waals surface area contributed by atoms with Crippen LogP contribution in [0.25, 0.3) is 0 Å². The minimum Gasteiger partial charge on any atom is -0.396 e. The lowest BCUT2D eigenvalue weighted by molar-refractivity contribution is 0.283. The van der Waals surface area contributed by atoms with E-state index in [4.69, 9.17) is 5.11 Å². The van der Waals surface area contributed by atoms with Gasteiger partial charge in [-0.3, -0.25) is 4.98 Å². The predicted molar refractivity (Wildman–Crippen MR) is 65.7 cm³/mol. The molecule has 90 valence electrons. The van der Waals surface area contributed by atoms with Gasteiger partial charge in [-0.15, -0.1) is 0 Å². The van der Waals surface area contributed by atoms with Gasteiger partial charge >= 0.3 is 0 Å². The lowest BCUT2D eigenvalue weighted by Crippen LogP contribution is -2.21. The van der Waals surface area contributed by atoms with Crippen molar-refractivity contribution >= 4 is 5.82 Å². The molecule has 4 nitrogen and oxygen atoms in total. The van der Waals surface area contributed by atoms with Gasteiger partial charge in [0.15, 0.2) is 0 Å². The monoisotopic (exact) mass is 223 g/mol. The van der Waals surface area contributed by atoms with Gasteiger partial charge in [0.05, 0.1) is 11.4 Å². The van der Waals surface area contributed by atoms with Gasteiger partial charge < -0.3 is 10.0 Å². The highest BCUT2D eigenvalue weighted by atomic mass is 16.2. The molecule has 0 unspecified atom stereocenters. The van der Waals surface area contributed by atoms with E-state index in [1.54, 1.807) is 6.20 Å². The summed E-state index contributed by atoms with van der Waals surface area (Å²) >= 11 is 0. The average Bonchev–Trinajstić information content (AvgIpc) is 2.27. The minimum absolute atomic E-state index is 0.285. The largest absolute Gasteiger partial charge is 0.396 e. The summed E-state index contributed by atoms with van der Waals surface area (Å²) in [6.45, 7) is 5.17. The van der Waals surface area contributed by atoms with E-state index in [0.717, 1.165) is 43.0 Å². The summed E-state index contributed by atoms with van der Waals surface area (Å²) in [5.74, 6) is 0.962. The van der Waals surface area contributed by atoms with Crippen molar-refractivity contribution in [2.75, 3.05) is 25.1 Å². The van der Waals surface area contributed by atoms with E-state index in [-0.39, 0.29) is 6.61 Å². The molecule has 0 aliphatic rings. The van der Waals surface area contributed by atoms with Crippen LogP contribution in [0.2, 0.25) is 0 Å². The molecule has 0 aromatic carbocycles. The number of nitrogens with zero attached hydrogens (tertiary/aromatic N) is 3. The summed E-state index contributed by atoms with van der Waals surface area (Å²) in [7, 11) is 2.04. The van der Waals surface area contributed by atoms with E-state index in [0.29, 0.717) is 0 Å². The normalized spacial score (nSPS) is 10.5. The Morgan fingerprint density at radius 2 is 2.00 bits per heavy atom. The van der Waals surface area contributed by atoms with Gasteiger partial charge in [0.2, 0.25) is 0 Å². The van der Waals surface area contributed by atoms with Crippen molar-refractivity contribution in [1.82, 2.24) is 9.97 Å². The highest BCUT2D eigenvalue weighted by Crippen LogP contribution is 2.14. The first-order valence-corrected chi connectivity index (χ1v) is 5.77. The van der Waals surface area contributed by atoms with Crippen molar-refractivity contribution in [2.24, 2.45) is 0 Å². The molecule has 0 aliphatic carbocycles. The predicted octanol–water partition coefficient (Wildman–Crippen LogP) is 1.69. The van der Waals surface area contributed by atoms with Crippen molar-refractivity contribution in [1.29, 1.82) is 0 Å². The fourth-order valence-electron chi connectivity index (χ4n) is 1.63. The molecule has 0 bridgehead atoms. The summed E-state index contributed by atoms with van der Waals surface area (Å²) in [6.07, 6.45) is 4.80. The zero-order valence-electron chi connectivity index (χ0n) is 10.4. The lowest BCUT2D eigenvalue weighted by atomic mass is 10.2. The van der Waals surface area contributed by atoms with Crippen LogP contribution in [0.1, 0.15) is 30.7 Å². The van der Waals surface area contributed by atoms with Crippen molar-refractivity contribution in [2.45, 2.75) is 33.1 Å². The van der Waals surface area contributed by atoms with Crippen LogP contribution in [-0.4, -0.2) is 35.3 Å². The molecule has 0 atom stereocenters. The highest BCUT2D eigenvalue weighted by Gasteiger charge is 2.07. The average molecular weight is 223 g/mol. The second kappa shape index (κ2) is 6.43. The number of anilines is 1. The molecule has 0 fully saturated rings. The van der Waals surface area contributed by atoms with Gasteiger partial charge in [0, 0.05) is 26.4 Å². The van der Waals surface area contributed by atoms with Crippen LogP contribution in [0, 0.1) is 13.8 Å². The van der Waals surface area contributed by atoms with E-state index in [9.17, 15) is 0 Å². The van der Waals surface area contributed by atoms with Crippen molar-refractivity contribution in [3.63, 3.8) is 0 Å². The molecule has 1 aromatic heterocycles. The van der Waals surface area contributed by atoms with Gasteiger partial charge in [-0.2, -0.15) is 0 Å². The zero-order chi connectivity index (χ0) is 12.0. The first-order chi connectivity index (χ1) is 7.65. The van der Waals surface area contributed by atoms with Gasteiger partial charge in [0.1, 0.15) is 5.82 Å². The number of aromatic nitrogens is 2. The van der Waals surface area contributed by atoms with Crippen LogP contribution >= 0.6 is 0 Å². The molecule has 1 N–H and O–H groups in total. The quantitative estimate of drug-likeness (QED) is 0.746. The Bertz CT molecular complexity index is 328. The molecule has 0 aliphatic heterocycles. The summed E-state index contributed by atoms with van der Waals surface area (Å²) in [5, 5.41) is 8.69. The fourth-order valence-corrected chi connectivity index (χ4v) is 1.63. The van der Waals surface area contributed by atoms with Gasteiger partial charge in [0.25, 0.3) is 0 Å². The maximum atomic E-state index is 8.69. The molecule has 1 aromatic rings. The number of rotatable bonds is 6.